The highest BCUT2D eigenvalue weighted by molar-refractivity contribution is 6.35. The second-order valence-corrected chi connectivity index (χ2v) is 9.07. The van der Waals surface area contributed by atoms with Crippen molar-refractivity contribution >= 4 is 63.6 Å². The van der Waals surface area contributed by atoms with Crippen molar-refractivity contribution in [2.45, 2.75) is 6.92 Å². The average Bonchev–Trinajstić information content (AvgIpc) is 3.48. The largest absolute Gasteiger partial charge is 0.457 e. The van der Waals surface area contributed by atoms with E-state index in [1.54, 1.807) is 48.5 Å². The van der Waals surface area contributed by atoms with Gasteiger partial charge in [0.2, 0.25) is 11.8 Å². The highest BCUT2D eigenvalue weighted by atomic mass is 35.5. The Morgan fingerprint density at radius 2 is 1.77 bits per heavy atom. The Kier molecular flexibility index (Phi) is 6.39. The summed E-state index contributed by atoms with van der Waals surface area (Å²) in [4.78, 5) is 16.9. The minimum atomic E-state index is -0.317. The summed E-state index contributed by atoms with van der Waals surface area (Å²) in [5, 5.41) is 4.48. The molecule has 0 bridgehead atoms. The van der Waals surface area contributed by atoms with Crippen LogP contribution in [0.1, 0.15) is 11.3 Å². The maximum absolute atomic E-state index is 12.5. The zero-order chi connectivity index (χ0) is 24.5. The standard InChI is InChI=1S/C27H17Cl3N2O3/c1-15-2-3-16(12-22(15)30)24-10-6-19(34-24)7-11-26(33)31-18-5-9-25-23(14-18)32-27(35-25)20-13-17(28)4-8-21(20)29/h2-14H,1H3,(H,31,33). The third-order valence-electron chi connectivity index (χ3n) is 5.30. The number of aromatic nitrogens is 1. The van der Waals surface area contributed by atoms with Crippen LogP contribution >= 0.6 is 34.8 Å². The van der Waals surface area contributed by atoms with E-state index in [1.165, 1.54) is 6.08 Å². The fraction of sp³-hybridized carbons (Fsp3) is 0.0370. The number of benzene rings is 3. The number of carbonyl (C=O) groups excluding carboxylic acids is 1. The van der Waals surface area contributed by atoms with E-state index in [0.29, 0.717) is 54.8 Å². The number of furan rings is 1. The quantitative estimate of drug-likeness (QED) is 0.234. The van der Waals surface area contributed by atoms with Gasteiger partial charge in [0.05, 0.1) is 10.6 Å². The number of anilines is 1. The lowest BCUT2D eigenvalue weighted by Gasteiger charge is -2.01. The second-order valence-electron chi connectivity index (χ2n) is 7.81. The van der Waals surface area contributed by atoms with Crippen LogP contribution in [0.2, 0.25) is 15.1 Å². The summed E-state index contributed by atoms with van der Waals surface area (Å²) in [6.45, 7) is 1.94. The molecule has 2 heterocycles. The molecule has 174 valence electrons. The molecule has 8 heteroatoms. The number of oxazole rings is 1. The van der Waals surface area contributed by atoms with E-state index < -0.39 is 0 Å². The maximum Gasteiger partial charge on any atom is 0.248 e. The molecule has 0 radical (unpaired) electrons. The Hall–Kier alpha value is -3.51. The van der Waals surface area contributed by atoms with E-state index in [-0.39, 0.29) is 5.91 Å². The van der Waals surface area contributed by atoms with Crippen LogP contribution in [0.15, 0.2) is 81.6 Å². The molecular formula is C27H17Cl3N2O3. The SMILES string of the molecule is Cc1ccc(-c2ccc(C=CC(=O)Nc3ccc4oc(-c5cc(Cl)ccc5Cl)nc4c3)o2)cc1Cl. The molecule has 0 atom stereocenters. The first-order valence-electron chi connectivity index (χ1n) is 10.6. The second kappa shape index (κ2) is 9.62. The van der Waals surface area contributed by atoms with Gasteiger partial charge in [-0.25, -0.2) is 4.98 Å². The van der Waals surface area contributed by atoms with E-state index >= 15 is 0 Å². The number of aryl methyl sites for hydroxylation is 1. The number of nitrogens with one attached hydrogen (secondary N) is 1. The number of hydrogen-bond donors (Lipinski definition) is 1. The topological polar surface area (TPSA) is 68.3 Å². The molecule has 5 rings (SSSR count). The van der Waals surface area contributed by atoms with Crippen molar-refractivity contribution in [1.29, 1.82) is 0 Å². The molecule has 5 aromatic rings. The van der Waals surface area contributed by atoms with Gasteiger partial charge in [-0.3, -0.25) is 4.79 Å². The smallest absolute Gasteiger partial charge is 0.248 e. The Morgan fingerprint density at radius 3 is 2.60 bits per heavy atom. The predicted octanol–water partition coefficient (Wildman–Crippen LogP) is 8.68. The van der Waals surface area contributed by atoms with Gasteiger partial charge in [-0.15, -0.1) is 0 Å². The van der Waals surface area contributed by atoms with Gasteiger partial charge in [0, 0.05) is 27.4 Å². The Labute approximate surface area is 215 Å². The molecule has 0 spiro atoms. The minimum absolute atomic E-state index is 0.317. The van der Waals surface area contributed by atoms with E-state index in [0.717, 1.165) is 11.1 Å². The molecule has 0 unspecified atom stereocenters. The van der Waals surface area contributed by atoms with Crippen LogP contribution < -0.4 is 5.32 Å². The molecule has 0 saturated carbocycles. The van der Waals surface area contributed by atoms with Gasteiger partial charge < -0.3 is 14.2 Å². The molecule has 1 N–H and O–H groups in total. The number of nitrogens with zero attached hydrogens (tertiary/aromatic N) is 1. The molecule has 35 heavy (non-hydrogen) atoms. The van der Waals surface area contributed by atoms with Crippen LogP contribution in [0.25, 0.3) is 40.0 Å². The molecule has 1 amide bonds. The van der Waals surface area contributed by atoms with Crippen LogP contribution in [-0.2, 0) is 4.79 Å². The summed E-state index contributed by atoms with van der Waals surface area (Å²) >= 11 is 18.5. The van der Waals surface area contributed by atoms with Gasteiger partial charge >= 0.3 is 0 Å². The molecule has 0 fully saturated rings. The van der Waals surface area contributed by atoms with Crippen molar-refractivity contribution in [2.75, 3.05) is 5.32 Å². The van der Waals surface area contributed by atoms with Crippen molar-refractivity contribution < 1.29 is 13.6 Å². The van der Waals surface area contributed by atoms with Crippen LogP contribution in [-0.4, -0.2) is 10.9 Å². The summed E-state index contributed by atoms with van der Waals surface area (Å²) < 4.78 is 11.6. The van der Waals surface area contributed by atoms with Crippen molar-refractivity contribution in [3.63, 3.8) is 0 Å². The fourth-order valence-electron chi connectivity index (χ4n) is 3.47. The van der Waals surface area contributed by atoms with Crippen molar-refractivity contribution in [2.24, 2.45) is 0 Å². The predicted molar refractivity (Wildman–Crippen MR) is 141 cm³/mol. The van der Waals surface area contributed by atoms with Gasteiger partial charge in [-0.2, -0.15) is 0 Å². The average molecular weight is 524 g/mol. The molecule has 3 aromatic carbocycles. The van der Waals surface area contributed by atoms with Gasteiger partial charge in [0.25, 0.3) is 0 Å². The number of hydrogen-bond acceptors (Lipinski definition) is 4. The molecule has 0 saturated heterocycles. The highest BCUT2D eigenvalue weighted by Crippen LogP contribution is 2.33. The number of carbonyl (C=O) groups is 1. The van der Waals surface area contributed by atoms with Crippen LogP contribution in [0, 0.1) is 6.92 Å². The Morgan fingerprint density at radius 1 is 0.914 bits per heavy atom. The van der Waals surface area contributed by atoms with E-state index in [4.69, 9.17) is 43.6 Å². The van der Waals surface area contributed by atoms with Gasteiger partial charge in [-0.05, 0) is 73.2 Å². The molecule has 0 aliphatic heterocycles. The monoisotopic (exact) mass is 522 g/mol. The maximum atomic E-state index is 12.5. The summed E-state index contributed by atoms with van der Waals surface area (Å²) in [6.07, 6.45) is 3.00. The lowest BCUT2D eigenvalue weighted by atomic mass is 10.1. The van der Waals surface area contributed by atoms with E-state index in [2.05, 4.69) is 10.3 Å². The Bertz CT molecular complexity index is 1600. The van der Waals surface area contributed by atoms with E-state index in [9.17, 15) is 4.79 Å². The number of fused-ring (bicyclic) bond motifs is 1. The number of rotatable bonds is 5. The molecule has 0 aliphatic carbocycles. The lowest BCUT2D eigenvalue weighted by molar-refractivity contribution is -0.111. The first kappa shape index (κ1) is 23.2. The highest BCUT2D eigenvalue weighted by Gasteiger charge is 2.13. The van der Waals surface area contributed by atoms with Crippen molar-refractivity contribution in [1.82, 2.24) is 4.98 Å². The Balaban J connectivity index is 1.29. The minimum Gasteiger partial charge on any atom is -0.457 e. The van der Waals surface area contributed by atoms with Crippen molar-refractivity contribution in [3.8, 4) is 22.8 Å². The third kappa shape index (κ3) is 5.13. The first-order chi connectivity index (χ1) is 16.9. The first-order valence-corrected chi connectivity index (χ1v) is 11.7. The summed E-state index contributed by atoms with van der Waals surface area (Å²) in [6, 6.07) is 19.6. The molecule has 5 nitrogen and oxygen atoms in total. The van der Waals surface area contributed by atoms with Crippen LogP contribution in [0.5, 0.6) is 0 Å². The molecule has 2 aromatic heterocycles. The van der Waals surface area contributed by atoms with Gasteiger partial charge in [-0.1, -0.05) is 46.9 Å². The van der Waals surface area contributed by atoms with Crippen LogP contribution in [0.4, 0.5) is 5.69 Å². The van der Waals surface area contributed by atoms with E-state index in [1.807, 2.05) is 31.2 Å². The number of amides is 1. The molecular weight excluding hydrogens is 507 g/mol. The summed E-state index contributed by atoms with van der Waals surface area (Å²) in [5.74, 6) is 1.24. The summed E-state index contributed by atoms with van der Waals surface area (Å²) in [7, 11) is 0. The fourth-order valence-corrected chi connectivity index (χ4v) is 4.02. The zero-order valence-electron chi connectivity index (χ0n) is 18.3. The number of halogens is 3. The molecule has 0 aliphatic rings. The van der Waals surface area contributed by atoms with Crippen molar-refractivity contribution in [3.05, 3.63) is 99.2 Å². The lowest BCUT2D eigenvalue weighted by Crippen LogP contribution is -2.07. The third-order valence-corrected chi connectivity index (χ3v) is 6.27. The summed E-state index contributed by atoms with van der Waals surface area (Å²) in [5.41, 5.74) is 4.15. The van der Waals surface area contributed by atoms with Gasteiger partial charge in [0.15, 0.2) is 5.58 Å². The van der Waals surface area contributed by atoms with Gasteiger partial charge in [0.1, 0.15) is 17.0 Å². The zero-order valence-corrected chi connectivity index (χ0v) is 20.6. The normalized spacial score (nSPS) is 11.4. The van der Waals surface area contributed by atoms with Crippen LogP contribution in [0.3, 0.4) is 0 Å².